The SMILES string of the molecule is O=C(/C=C/c1c(F)cccc1F)N[C@@H]1C=C[C@H](CO)C1. The Morgan fingerprint density at radius 3 is 2.65 bits per heavy atom. The number of amides is 1. The number of carbonyl (C=O) groups excluding carboxylic acids is 1. The third-order valence-corrected chi connectivity index (χ3v) is 3.14. The van der Waals surface area contributed by atoms with Crippen molar-refractivity contribution < 1.29 is 18.7 Å². The van der Waals surface area contributed by atoms with Gasteiger partial charge in [0.2, 0.25) is 5.91 Å². The largest absolute Gasteiger partial charge is 0.396 e. The molecule has 0 aliphatic heterocycles. The molecule has 0 fully saturated rings. The molecule has 0 heterocycles. The van der Waals surface area contributed by atoms with Crippen LogP contribution < -0.4 is 5.32 Å². The van der Waals surface area contributed by atoms with E-state index in [0.717, 1.165) is 24.3 Å². The average molecular weight is 279 g/mol. The Bertz CT molecular complexity index is 535. The highest BCUT2D eigenvalue weighted by Gasteiger charge is 2.18. The molecule has 106 valence electrons. The first-order chi connectivity index (χ1) is 9.60. The molecular formula is C15H15F2NO2. The van der Waals surface area contributed by atoms with Gasteiger partial charge in [0, 0.05) is 30.2 Å². The van der Waals surface area contributed by atoms with Crippen LogP contribution in [0.15, 0.2) is 36.4 Å². The zero-order valence-corrected chi connectivity index (χ0v) is 10.7. The van der Waals surface area contributed by atoms with Crippen LogP contribution in [0.3, 0.4) is 0 Å². The van der Waals surface area contributed by atoms with Crippen LogP contribution in [0.4, 0.5) is 8.78 Å². The molecule has 1 aromatic rings. The fourth-order valence-corrected chi connectivity index (χ4v) is 2.08. The maximum absolute atomic E-state index is 13.3. The first-order valence-electron chi connectivity index (χ1n) is 6.32. The molecule has 2 atom stereocenters. The third kappa shape index (κ3) is 3.51. The van der Waals surface area contributed by atoms with Crippen molar-refractivity contribution >= 4 is 12.0 Å². The van der Waals surface area contributed by atoms with E-state index in [9.17, 15) is 13.6 Å². The molecule has 2 rings (SSSR count). The second kappa shape index (κ2) is 6.43. The van der Waals surface area contributed by atoms with Crippen molar-refractivity contribution in [2.24, 2.45) is 5.92 Å². The maximum Gasteiger partial charge on any atom is 0.244 e. The summed E-state index contributed by atoms with van der Waals surface area (Å²) in [5.41, 5.74) is -0.238. The second-order valence-electron chi connectivity index (χ2n) is 4.65. The molecule has 0 spiro atoms. The Kier molecular flexibility index (Phi) is 4.63. The molecule has 0 aromatic heterocycles. The van der Waals surface area contributed by atoms with Crippen LogP contribution in [-0.4, -0.2) is 23.7 Å². The van der Waals surface area contributed by atoms with Gasteiger partial charge < -0.3 is 10.4 Å². The van der Waals surface area contributed by atoms with Crippen molar-refractivity contribution in [3.8, 4) is 0 Å². The van der Waals surface area contributed by atoms with Gasteiger partial charge in [-0.25, -0.2) is 8.78 Å². The number of hydrogen-bond donors (Lipinski definition) is 2. The number of aliphatic hydroxyl groups excluding tert-OH is 1. The number of hydrogen-bond acceptors (Lipinski definition) is 2. The summed E-state index contributed by atoms with van der Waals surface area (Å²) in [6.45, 7) is 0.0408. The number of nitrogens with one attached hydrogen (secondary N) is 1. The van der Waals surface area contributed by atoms with E-state index in [1.165, 1.54) is 6.07 Å². The number of halogens is 2. The highest BCUT2D eigenvalue weighted by Crippen LogP contribution is 2.17. The lowest BCUT2D eigenvalue weighted by atomic mass is 10.1. The van der Waals surface area contributed by atoms with Gasteiger partial charge in [-0.3, -0.25) is 4.79 Å². The molecule has 0 saturated heterocycles. The topological polar surface area (TPSA) is 49.3 Å². The van der Waals surface area contributed by atoms with Crippen molar-refractivity contribution in [2.45, 2.75) is 12.5 Å². The summed E-state index contributed by atoms with van der Waals surface area (Å²) in [6.07, 6.45) is 6.48. The minimum Gasteiger partial charge on any atom is -0.396 e. The second-order valence-corrected chi connectivity index (χ2v) is 4.65. The Hall–Kier alpha value is -2.01. The van der Waals surface area contributed by atoms with E-state index >= 15 is 0 Å². The lowest BCUT2D eigenvalue weighted by Gasteiger charge is -2.10. The van der Waals surface area contributed by atoms with E-state index in [2.05, 4.69) is 5.32 Å². The lowest BCUT2D eigenvalue weighted by molar-refractivity contribution is -0.116. The summed E-state index contributed by atoms with van der Waals surface area (Å²) in [7, 11) is 0. The molecule has 1 aliphatic carbocycles. The summed E-state index contributed by atoms with van der Waals surface area (Å²) in [5, 5.41) is 11.7. The number of benzene rings is 1. The Labute approximate surface area is 115 Å². The van der Waals surface area contributed by atoms with Crippen LogP contribution in [-0.2, 0) is 4.79 Å². The first kappa shape index (κ1) is 14.4. The standard InChI is InChI=1S/C15H15F2NO2/c16-13-2-1-3-14(17)12(13)6-7-15(20)18-11-5-4-10(8-11)9-19/h1-7,10-11,19H,8-9H2,(H,18,20)/b7-6+/t10-,11+/m0/s1. The Morgan fingerprint density at radius 1 is 1.35 bits per heavy atom. The van der Waals surface area contributed by atoms with Crippen molar-refractivity contribution in [3.63, 3.8) is 0 Å². The molecule has 1 aromatic carbocycles. The summed E-state index contributed by atoms with van der Waals surface area (Å²) in [5.74, 6) is -1.81. The Balaban J connectivity index is 1.95. The summed E-state index contributed by atoms with van der Waals surface area (Å²) < 4.78 is 26.7. The van der Waals surface area contributed by atoms with Gasteiger partial charge in [0.1, 0.15) is 11.6 Å². The fourth-order valence-electron chi connectivity index (χ4n) is 2.08. The molecule has 2 N–H and O–H groups in total. The number of rotatable bonds is 4. The van der Waals surface area contributed by atoms with Gasteiger partial charge in [-0.15, -0.1) is 0 Å². The van der Waals surface area contributed by atoms with Gasteiger partial charge in [-0.2, -0.15) is 0 Å². The number of aliphatic hydroxyl groups is 1. The Morgan fingerprint density at radius 2 is 2.05 bits per heavy atom. The third-order valence-electron chi connectivity index (χ3n) is 3.14. The predicted molar refractivity (Wildman–Crippen MR) is 71.7 cm³/mol. The van der Waals surface area contributed by atoms with E-state index in [1.807, 2.05) is 6.08 Å². The zero-order valence-electron chi connectivity index (χ0n) is 10.7. The molecule has 0 unspecified atom stereocenters. The quantitative estimate of drug-likeness (QED) is 0.654. The maximum atomic E-state index is 13.3. The van der Waals surface area contributed by atoms with Crippen LogP contribution in [0, 0.1) is 17.6 Å². The van der Waals surface area contributed by atoms with Crippen molar-refractivity contribution in [1.82, 2.24) is 5.32 Å². The van der Waals surface area contributed by atoms with Gasteiger partial charge in [0.25, 0.3) is 0 Å². The predicted octanol–water partition coefficient (Wildman–Crippen LogP) is 2.03. The fraction of sp³-hybridized carbons (Fsp3) is 0.267. The van der Waals surface area contributed by atoms with Crippen molar-refractivity contribution in [3.05, 3.63) is 53.6 Å². The highest BCUT2D eigenvalue weighted by atomic mass is 19.1. The molecule has 0 saturated carbocycles. The molecule has 3 nitrogen and oxygen atoms in total. The molecule has 5 heteroatoms. The average Bonchev–Trinajstić information content (AvgIpc) is 2.86. The van der Waals surface area contributed by atoms with Gasteiger partial charge in [0.05, 0.1) is 0 Å². The van der Waals surface area contributed by atoms with E-state index in [1.54, 1.807) is 6.08 Å². The van der Waals surface area contributed by atoms with Crippen LogP contribution in [0.1, 0.15) is 12.0 Å². The minimum absolute atomic E-state index is 0.0408. The molecular weight excluding hydrogens is 264 g/mol. The monoisotopic (exact) mass is 279 g/mol. The normalized spacial score (nSPS) is 21.6. The summed E-state index contributed by atoms with van der Waals surface area (Å²) >= 11 is 0. The lowest BCUT2D eigenvalue weighted by Crippen LogP contribution is -2.31. The van der Waals surface area contributed by atoms with Gasteiger partial charge in [0.15, 0.2) is 0 Å². The molecule has 20 heavy (non-hydrogen) atoms. The van der Waals surface area contributed by atoms with Crippen molar-refractivity contribution in [1.29, 1.82) is 0 Å². The van der Waals surface area contributed by atoms with Gasteiger partial charge in [-0.1, -0.05) is 18.2 Å². The van der Waals surface area contributed by atoms with Crippen LogP contribution in [0.25, 0.3) is 6.08 Å². The van der Waals surface area contributed by atoms with Crippen LogP contribution in [0.2, 0.25) is 0 Å². The van der Waals surface area contributed by atoms with Crippen molar-refractivity contribution in [2.75, 3.05) is 6.61 Å². The molecule has 1 aliphatic rings. The van der Waals surface area contributed by atoms with E-state index in [0.29, 0.717) is 6.42 Å². The summed E-state index contributed by atoms with van der Waals surface area (Å²) in [4.78, 5) is 11.7. The van der Waals surface area contributed by atoms with Gasteiger partial charge in [-0.05, 0) is 24.6 Å². The van der Waals surface area contributed by atoms with E-state index in [4.69, 9.17) is 5.11 Å². The van der Waals surface area contributed by atoms with E-state index in [-0.39, 0.29) is 24.1 Å². The summed E-state index contributed by atoms with van der Waals surface area (Å²) in [6, 6.07) is 3.37. The molecule has 1 amide bonds. The number of carbonyl (C=O) groups is 1. The van der Waals surface area contributed by atoms with E-state index < -0.39 is 17.5 Å². The first-order valence-corrected chi connectivity index (χ1v) is 6.32. The molecule has 0 bridgehead atoms. The van der Waals surface area contributed by atoms with Crippen LogP contribution in [0.5, 0.6) is 0 Å². The van der Waals surface area contributed by atoms with Gasteiger partial charge >= 0.3 is 0 Å². The smallest absolute Gasteiger partial charge is 0.244 e. The minimum atomic E-state index is -0.713. The highest BCUT2D eigenvalue weighted by molar-refractivity contribution is 5.92. The zero-order chi connectivity index (χ0) is 14.5. The molecule has 0 radical (unpaired) electrons. The van der Waals surface area contributed by atoms with Crippen LogP contribution >= 0.6 is 0 Å².